The number of nitro groups is 1. The van der Waals surface area contributed by atoms with Crippen molar-refractivity contribution in [2.75, 3.05) is 11.9 Å². The van der Waals surface area contributed by atoms with E-state index in [2.05, 4.69) is 5.32 Å². The van der Waals surface area contributed by atoms with Gasteiger partial charge in [0, 0.05) is 6.54 Å². The van der Waals surface area contributed by atoms with E-state index in [-0.39, 0.29) is 11.3 Å². The monoisotopic (exact) mass is 264 g/mol. The molecule has 1 aromatic rings. The van der Waals surface area contributed by atoms with Crippen molar-refractivity contribution < 1.29 is 23.2 Å². The summed E-state index contributed by atoms with van der Waals surface area (Å²) >= 11 is 0. The first kappa shape index (κ1) is 14.2. The quantitative estimate of drug-likeness (QED) is 0.630. The summed E-state index contributed by atoms with van der Waals surface area (Å²) in [6.07, 6.45) is -4.91. The summed E-state index contributed by atoms with van der Waals surface area (Å²) in [7, 11) is 0. The molecule has 0 aliphatic heterocycles. The highest BCUT2D eigenvalue weighted by molar-refractivity contribution is 5.63. The van der Waals surface area contributed by atoms with Crippen molar-refractivity contribution in [2.24, 2.45) is 0 Å². The van der Waals surface area contributed by atoms with E-state index in [1.165, 1.54) is 6.92 Å². The molecular formula is C10H11F3N2O3. The molecule has 1 atom stereocenters. The number of alkyl halides is 2. The number of nitrogens with one attached hydrogen (secondary N) is 1. The Balaban J connectivity index is 2.93. The van der Waals surface area contributed by atoms with Crippen LogP contribution in [0.2, 0.25) is 0 Å². The van der Waals surface area contributed by atoms with E-state index < -0.39 is 35.5 Å². The van der Waals surface area contributed by atoms with Crippen molar-refractivity contribution in [1.82, 2.24) is 0 Å². The van der Waals surface area contributed by atoms with Gasteiger partial charge in [-0.25, -0.2) is 13.2 Å². The Morgan fingerprint density at radius 3 is 2.61 bits per heavy atom. The van der Waals surface area contributed by atoms with E-state index in [9.17, 15) is 23.3 Å². The van der Waals surface area contributed by atoms with Crippen LogP contribution in [-0.2, 0) is 0 Å². The van der Waals surface area contributed by atoms with E-state index in [0.29, 0.717) is 6.07 Å². The van der Waals surface area contributed by atoms with Gasteiger partial charge in [-0.3, -0.25) is 10.1 Å². The lowest BCUT2D eigenvalue weighted by Crippen LogP contribution is -2.27. The van der Waals surface area contributed by atoms with Gasteiger partial charge in [0.25, 0.3) is 12.1 Å². The topological polar surface area (TPSA) is 75.4 Å². The number of rotatable bonds is 5. The lowest BCUT2D eigenvalue weighted by Gasteiger charge is -2.12. The number of halogens is 3. The Morgan fingerprint density at radius 1 is 1.50 bits per heavy atom. The van der Waals surface area contributed by atoms with Gasteiger partial charge in [0.1, 0.15) is 17.6 Å². The van der Waals surface area contributed by atoms with Gasteiger partial charge in [-0.2, -0.15) is 0 Å². The first-order valence-corrected chi connectivity index (χ1v) is 4.97. The van der Waals surface area contributed by atoms with Crippen LogP contribution < -0.4 is 5.32 Å². The minimum Gasteiger partial charge on any atom is -0.385 e. The Labute approximate surface area is 100 Å². The van der Waals surface area contributed by atoms with Crippen molar-refractivity contribution >= 4 is 11.4 Å². The Bertz CT molecular complexity index is 454. The van der Waals surface area contributed by atoms with Crippen LogP contribution in [0.3, 0.4) is 0 Å². The molecule has 0 saturated heterocycles. The van der Waals surface area contributed by atoms with E-state index >= 15 is 0 Å². The second-order valence-electron chi connectivity index (χ2n) is 3.66. The lowest BCUT2D eigenvalue weighted by atomic mass is 10.1. The van der Waals surface area contributed by atoms with Crippen LogP contribution in [0.15, 0.2) is 12.1 Å². The molecule has 1 rings (SSSR count). The molecular weight excluding hydrogens is 253 g/mol. The summed E-state index contributed by atoms with van der Waals surface area (Å²) in [5.74, 6) is -0.762. The van der Waals surface area contributed by atoms with Crippen molar-refractivity contribution in [3.63, 3.8) is 0 Å². The molecule has 0 radical (unpaired) electrons. The highest BCUT2D eigenvalue weighted by Crippen LogP contribution is 2.27. The number of anilines is 1. The summed E-state index contributed by atoms with van der Waals surface area (Å²) in [6.45, 7) is 0.817. The van der Waals surface area contributed by atoms with Crippen LogP contribution in [0.25, 0.3) is 0 Å². The van der Waals surface area contributed by atoms with Crippen molar-refractivity contribution in [1.29, 1.82) is 0 Å². The molecule has 0 fully saturated rings. The summed E-state index contributed by atoms with van der Waals surface area (Å²) in [5.41, 5.74) is -0.548. The van der Waals surface area contributed by atoms with Gasteiger partial charge in [-0.1, -0.05) is 0 Å². The fourth-order valence-electron chi connectivity index (χ4n) is 1.27. The average molecular weight is 264 g/mol. The summed E-state index contributed by atoms with van der Waals surface area (Å²) in [5, 5.41) is 21.8. The third-order valence-electron chi connectivity index (χ3n) is 2.27. The molecule has 5 nitrogen and oxygen atoms in total. The molecule has 0 heterocycles. The maximum Gasteiger partial charge on any atom is 0.295 e. The molecule has 18 heavy (non-hydrogen) atoms. The third-order valence-corrected chi connectivity index (χ3v) is 2.27. The van der Waals surface area contributed by atoms with Gasteiger partial charge in [0.15, 0.2) is 0 Å². The molecule has 0 aliphatic rings. The largest absolute Gasteiger partial charge is 0.385 e. The predicted molar refractivity (Wildman–Crippen MR) is 58.3 cm³/mol. The number of nitro benzene ring substituents is 1. The van der Waals surface area contributed by atoms with Crippen LogP contribution >= 0.6 is 0 Å². The van der Waals surface area contributed by atoms with Gasteiger partial charge in [0.2, 0.25) is 0 Å². The van der Waals surface area contributed by atoms with Crippen molar-refractivity contribution in [3.8, 4) is 0 Å². The number of benzene rings is 1. The average Bonchev–Trinajstić information content (AvgIpc) is 2.29. The molecule has 0 saturated carbocycles. The van der Waals surface area contributed by atoms with Gasteiger partial charge in [0.05, 0.1) is 11.0 Å². The second kappa shape index (κ2) is 5.67. The van der Waals surface area contributed by atoms with Crippen LogP contribution in [0.5, 0.6) is 0 Å². The van der Waals surface area contributed by atoms with Crippen LogP contribution in [0, 0.1) is 22.9 Å². The SMILES string of the molecule is Cc1cc(NCC(O)C(F)F)c([N+](=O)[O-])cc1F. The molecule has 8 heteroatoms. The van der Waals surface area contributed by atoms with Gasteiger partial charge < -0.3 is 10.4 Å². The molecule has 0 spiro atoms. The third kappa shape index (κ3) is 3.33. The van der Waals surface area contributed by atoms with E-state index in [1.54, 1.807) is 0 Å². The smallest absolute Gasteiger partial charge is 0.295 e. The first-order chi connectivity index (χ1) is 8.32. The highest BCUT2D eigenvalue weighted by Gasteiger charge is 2.20. The predicted octanol–water partition coefficient (Wildman–Crippen LogP) is 2.08. The Morgan fingerprint density at radius 2 is 2.11 bits per heavy atom. The van der Waals surface area contributed by atoms with E-state index in [1.807, 2.05) is 0 Å². The molecule has 100 valence electrons. The number of aliphatic hydroxyl groups excluding tert-OH is 1. The van der Waals surface area contributed by atoms with Gasteiger partial charge >= 0.3 is 0 Å². The molecule has 1 unspecified atom stereocenters. The Hall–Kier alpha value is -1.83. The lowest BCUT2D eigenvalue weighted by molar-refractivity contribution is -0.384. The number of hydrogen-bond donors (Lipinski definition) is 2. The number of hydrogen-bond acceptors (Lipinski definition) is 4. The fraction of sp³-hybridized carbons (Fsp3) is 0.400. The minimum atomic E-state index is -2.96. The summed E-state index contributed by atoms with van der Waals surface area (Å²) in [4.78, 5) is 9.82. The van der Waals surface area contributed by atoms with Crippen LogP contribution in [-0.4, -0.2) is 29.1 Å². The molecule has 2 N–H and O–H groups in total. The second-order valence-corrected chi connectivity index (χ2v) is 3.66. The van der Waals surface area contributed by atoms with Gasteiger partial charge in [-0.15, -0.1) is 0 Å². The normalized spacial score (nSPS) is 12.6. The molecule has 1 aromatic carbocycles. The van der Waals surface area contributed by atoms with Crippen molar-refractivity contribution in [2.45, 2.75) is 19.5 Å². The minimum absolute atomic E-state index is 0.112. The van der Waals surface area contributed by atoms with E-state index in [0.717, 1.165) is 6.07 Å². The maximum atomic E-state index is 13.1. The zero-order valence-corrected chi connectivity index (χ0v) is 9.36. The summed E-state index contributed by atoms with van der Waals surface area (Å²) < 4.78 is 37.2. The molecule has 0 amide bonds. The zero-order chi connectivity index (χ0) is 13.9. The highest BCUT2D eigenvalue weighted by atomic mass is 19.3. The van der Waals surface area contributed by atoms with Crippen molar-refractivity contribution in [3.05, 3.63) is 33.6 Å². The zero-order valence-electron chi connectivity index (χ0n) is 9.36. The van der Waals surface area contributed by atoms with E-state index in [4.69, 9.17) is 5.11 Å². The Kier molecular flexibility index (Phi) is 4.49. The van der Waals surface area contributed by atoms with Gasteiger partial charge in [-0.05, 0) is 18.6 Å². The fourth-order valence-corrected chi connectivity index (χ4v) is 1.27. The number of nitrogens with zero attached hydrogens (tertiary/aromatic N) is 1. The number of aryl methyl sites for hydroxylation is 1. The van der Waals surface area contributed by atoms with Crippen LogP contribution in [0.4, 0.5) is 24.5 Å². The first-order valence-electron chi connectivity index (χ1n) is 4.97. The molecule has 0 aliphatic carbocycles. The molecule has 0 aromatic heterocycles. The molecule has 0 bridgehead atoms. The maximum absolute atomic E-state index is 13.1. The number of aliphatic hydroxyl groups is 1. The standard InChI is InChI=1S/C10H11F3N2O3/c1-5-2-7(14-4-9(16)10(12)13)8(15(17)18)3-6(5)11/h2-3,9-10,14,16H,4H2,1H3. The summed E-state index contributed by atoms with van der Waals surface area (Å²) in [6, 6.07) is 1.83. The van der Waals surface area contributed by atoms with Crippen LogP contribution in [0.1, 0.15) is 5.56 Å².